The quantitative estimate of drug-likeness (QED) is 0.410. The minimum absolute atomic E-state index is 0.589. The number of pyridine rings is 1. The second-order valence-corrected chi connectivity index (χ2v) is 9.09. The summed E-state index contributed by atoms with van der Waals surface area (Å²) >= 11 is 0. The third-order valence-electron chi connectivity index (χ3n) is 6.62. The van der Waals surface area contributed by atoms with Gasteiger partial charge in [-0.15, -0.1) is 0 Å². The summed E-state index contributed by atoms with van der Waals surface area (Å²) in [6.07, 6.45) is 2.83. The van der Waals surface area contributed by atoms with E-state index in [1.807, 2.05) is 28.8 Å². The van der Waals surface area contributed by atoms with Gasteiger partial charge in [0.15, 0.2) is 11.3 Å². The van der Waals surface area contributed by atoms with Gasteiger partial charge in [-0.05, 0) is 39.1 Å². The van der Waals surface area contributed by atoms with Gasteiger partial charge in [-0.2, -0.15) is 5.10 Å². The van der Waals surface area contributed by atoms with Crippen molar-refractivity contribution in [2.45, 2.75) is 25.9 Å². The highest BCUT2D eigenvalue weighted by Crippen LogP contribution is 2.35. The van der Waals surface area contributed by atoms with E-state index in [2.05, 4.69) is 76.1 Å². The van der Waals surface area contributed by atoms with Crippen LogP contribution < -0.4 is 0 Å². The fourth-order valence-corrected chi connectivity index (χ4v) is 4.70. The Bertz CT molecular complexity index is 1310. The molecule has 0 saturated carbocycles. The number of nitrogens with zero attached hydrogens (tertiary/aromatic N) is 6. The van der Waals surface area contributed by atoms with E-state index >= 15 is 0 Å². The highest BCUT2D eigenvalue weighted by Gasteiger charge is 2.25. The zero-order valence-electron chi connectivity index (χ0n) is 19.4. The molecule has 1 atom stereocenters. The summed E-state index contributed by atoms with van der Waals surface area (Å²) in [4.78, 5) is 13.0. The van der Waals surface area contributed by atoms with Crippen LogP contribution in [-0.2, 0) is 6.54 Å². The summed E-state index contributed by atoms with van der Waals surface area (Å²) in [6, 6.07) is 19.2. The number of likely N-dealkylation sites (N-methyl/N-ethyl adjacent to an activating group) is 1. The van der Waals surface area contributed by atoms with Crippen LogP contribution in [0.15, 0.2) is 60.9 Å². The van der Waals surface area contributed by atoms with Crippen molar-refractivity contribution in [3.8, 4) is 22.4 Å². The lowest BCUT2D eigenvalue weighted by atomic mass is 9.96. The lowest BCUT2D eigenvalue weighted by molar-refractivity contribution is 0.265. The van der Waals surface area contributed by atoms with Crippen molar-refractivity contribution in [3.63, 3.8) is 0 Å². The third-order valence-corrected chi connectivity index (χ3v) is 6.62. The molecule has 1 saturated heterocycles. The van der Waals surface area contributed by atoms with Crippen LogP contribution in [0.2, 0.25) is 0 Å². The van der Waals surface area contributed by atoms with Crippen LogP contribution in [0.3, 0.4) is 0 Å². The van der Waals surface area contributed by atoms with Gasteiger partial charge in [0.2, 0.25) is 0 Å². The SMILES string of the molecule is [C-]#[N+]c1ccc(-c2cc(CN3CC[C@@H](N(C)C)C3)c3ncnn3c2-c2ccc(C)cc2)cc1. The second-order valence-electron chi connectivity index (χ2n) is 9.09. The van der Waals surface area contributed by atoms with Crippen LogP contribution in [0.4, 0.5) is 5.69 Å². The van der Waals surface area contributed by atoms with Gasteiger partial charge in [-0.25, -0.2) is 14.3 Å². The van der Waals surface area contributed by atoms with Crippen molar-refractivity contribution in [2.75, 3.05) is 27.2 Å². The molecule has 0 aliphatic carbocycles. The third kappa shape index (κ3) is 4.13. The molecule has 1 aliphatic heterocycles. The predicted molar refractivity (Wildman–Crippen MR) is 132 cm³/mol. The minimum Gasteiger partial charge on any atom is -0.305 e. The zero-order valence-corrected chi connectivity index (χ0v) is 19.4. The molecule has 2 aromatic heterocycles. The number of hydrogen-bond acceptors (Lipinski definition) is 4. The maximum absolute atomic E-state index is 7.30. The molecule has 6 heteroatoms. The van der Waals surface area contributed by atoms with Crippen molar-refractivity contribution < 1.29 is 0 Å². The number of rotatable bonds is 5. The molecule has 166 valence electrons. The Labute approximate surface area is 194 Å². The monoisotopic (exact) mass is 436 g/mol. The largest absolute Gasteiger partial charge is 0.305 e. The first-order chi connectivity index (χ1) is 16.0. The Balaban J connectivity index is 1.65. The molecule has 33 heavy (non-hydrogen) atoms. The van der Waals surface area contributed by atoms with Crippen LogP contribution in [-0.4, -0.2) is 57.6 Å². The molecular formula is C27H28N6. The lowest BCUT2D eigenvalue weighted by Gasteiger charge is -2.21. The smallest absolute Gasteiger partial charge is 0.187 e. The molecule has 6 nitrogen and oxygen atoms in total. The molecule has 2 aromatic carbocycles. The van der Waals surface area contributed by atoms with Gasteiger partial charge in [-0.3, -0.25) is 4.90 Å². The van der Waals surface area contributed by atoms with Gasteiger partial charge in [0.25, 0.3) is 0 Å². The van der Waals surface area contributed by atoms with Crippen LogP contribution in [0.5, 0.6) is 0 Å². The van der Waals surface area contributed by atoms with Gasteiger partial charge in [-0.1, -0.05) is 54.1 Å². The molecule has 1 fully saturated rings. The van der Waals surface area contributed by atoms with Crippen LogP contribution in [0.1, 0.15) is 17.5 Å². The molecule has 4 aromatic rings. The highest BCUT2D eigenvalue weighted by molar-refractivity contribution is 5.84. The minimum atomic E-state index is 0.589. The van der Waals surface area contributed by atoms with E-state index < -0.39 is 0 Å². The van der Waals surface area contributed by atoms with E-state index in [9.17, 15) is 0 Å². The standard InChI is InChI=1S/C27H28N6/c1-19-5-7-21(8-6-19)26-25(20-9-11-23(28-2)12-10-20)15-22(27-29-18-30-33(26)27)16-32-14-13-24(17-32)31(3)4/h5-12,15,18,24H,13-14,16-17H2,1,3-4H3/t24-/m1/s1. The Morgan fingerprint density at radius 3 is 2.45 bits per heavy atom. The molecule has 0 bridgehead atoms. The van der Waals surface area contributed by atoms with Crippen molar-refractivity contribution in [3.05, 3.63) is 83.5 Å². The van der Waals surface area contributed by atoms with Crippen LogP contribution in [0, 0.1) is 13.5 Å². The summed E-state index contributed by atoms with van der Waals surface area (Å²) in [5.74, 6) is 0. The number of aryl methyl sites for hydroxylation is 1. The molecule has 0 amide bonds. The van der Waals surface area contributed by atoms with Gasteiger partial charge >= 0.3 is 0 Å². The van der Waals surface area contributed by atoms with Crippen molar-refractivity contribution in [1.82, 2.24) is 24.4 Å². The molecule has 0 spiro atoms. The predicted octanol–water partition coefficient (Wildman–Crippen LogP) is 5.06. The van der Waals surface area contributed by atoms with E-state index in [4.69, 9.17) is 6.57 Å². The van der Waals surface area contributed by atoms with E-state index in [1.54, 1.807) is 6.33 Å². The molecule has 3 heterocycles. The summed E-state index contributed by atoms with van der Waals surface area (Å²) in [6.45, 7) is 12.4. The average molecular weight is 437 g/mol. The first-order valence-electron chi connectivity index (χ1n) is 11.3. The molecule has 0 unspecified atom stereocenters. The first-order valence-corrected chi connectivity index (χ1v) is 11.3. The van der Waals surface area contributed by atoms with Crippen molar-refractivity contribution in [2.24, 2.45) is 0 Å². The normalized spacial score (nSPS) is 16.5. The Morgan fingerprint density at radius 2 is 1.79 bits per heavy atom. The summed E-state index contributed by atoms with van der Waals surface area (Å²) in [5, 5.41) is 4.65. The summed E-state index contributed by atoms with van der Waals surface area (Å²) < 4.78 is 1.98. The van der Waals surface area contributed by atoms with Gasteiger partial charge < -0.3 is 4.90 Å². The number of fused-ring (bicyclic) bond motifs is 1. The maximum Gasteiger partial charge on any atom is 0.187 e. The number of likely N-dealkylation sites (tertiary alicyclic amines) is 1. The van der Waals surface area contributed by atoms with Crippen molar-refractivity contribution in [1.29, 1.82) is 0 Å². The van der Waals surface area contributed by atoms with Crippen LogP contribution in [0.25, 0.3) is 32.9 Å². The fourth-order valence-electron chi connectivity index (χ4n) is 4.70. The summed E-state index contributed by atoms with van der Waals surface area (Å²) in [7, 11) is 4.32. The van der Waals surface area contributed by atoms with Crippen molar-refractivity contribution >= 4 is 11.3 Å². The zero-order chi connectivity index (χ0) is 22.9. The fraction of sp³-hybridized carbons (Fsp3) is 0.296. The van der Waals surface area contributed by atoms with E-state index in [0.29, 0.717) is 11.7 Å². The highest BCUT2D eigenvalue weighted by atomic mass is 15.3. The molecule has 5 rings (SSSR count). The van der Waals surface area contributed by atoms with Gasteiger partial charge in [0, 0.05) is 42.4 Å². The number of benzene rings is 2. The lowest BCUT2D eigenvalue weighted by Crippen LogP contribution is -2.31. The van der Waals surface area contributed by atoms with E-state index in [1.165, 1.54) is 17.5 Å². The maximum atomic E-state index is 7.30. The number of aromatic nitrogens is 3. The Kier molecular flexibility index (Phi) is 5.67. The average Bonchev–Trinajstić information content (AvgIpc) is 3.50. The molecular weight excluding hydrogens is 408 g/mol. The van der Waals surface area contributed by atoms with Gasteiger partial charge in [0.1, 0.15) is 6.33 Å². The molecule has 1 aliphatic rings. The van der Waals surface area contributed by atoms with E-state index in [-0.39, 0.29) is 0 Å². The van der Waals surface area contributed by atoms with E-state index in [0.717, 1.165) is 47.7 Å². The topological polar surface area (TPSA) is 41.0 Å². The summed E-state index contributed by atoms with van der Waals surface area (Å²) in [5.41, 5.74) is 8.24. The number of hydrogen-bond donors (Lipinski definition) is 0. The Hall–Kier alpha value is -3.53. The first kappa shape index (κ1) is 21.3. The second kappa shape index (κ2) is 8.78. The van der Waals surface area contributed by atoms with Gasteiger partial charge in [0.05, 0.1) is 12.3 Å². The molecule has 0 radical (unpaired) electrons. The van der Waals surface area contributed by atoms with Crippen LogP contribution >= 0.6 is 0 Å². The Morgan fingerprint density at radius 1 is 1.06 bits per heavy atom. The molecule has 0 N–H and O–H groups in total.